The van der Waals surface area contributed by atoms with Gasteiger partial charge < -0.3 is 13.7 Å². The zero-order chi connectivity index (χ0) is 31.1. The molecule has 0 aliphatic carbocycles. The maximum atomic E-state index is 11.1. The summed E-state index contributed by atoms with van der Waals surface area (Å²) in [5.41, 5.74) is 9.90. The summed E-state index contributed by atoms with van der Waals surface area (Å²) in [4.78, 5) is 0. The van der Waals surface area contributed by atoms with Crippen LogP contribution in [0.15, 0.2) is 158 Å². The quantitative estimate of drug-likeness (QED) is 0.199. The van der Waals surface area contributed by atoms with Crippen LogP contribution in [0.5, 0.6) is 0 Å². The summed E-state index contributed by atoms with van der Waals surface area (Å²) in [6.07, 6.45) is 0. The summed E-state index contributed by atoms with van der Waals surface area (Å²) < 4.78 is 6.94. The second-order valence-electron chi connectivity index (χ2n) is 12.1. The van der Waals surface area contributed by atoms with E-state index in [1.807, 2.05) is 0 Å². The normalized spacial score (nSPS) is 11.8. The highest BCUT2D eigenvalue weighted by atomic mass is 15.1. The van der Waals surface area contributed by atoms with Gasteiger partial charge in [-0.25, -0.2) is 0 Å². The van der Waals surface area contributed by atoms with Crippen molar-refractivity contribution < 1.29 is 0 Å². The number of hydrogen-bond donors (Lipinski definition) is 0. The Morgan fingerprint density at radius 1 is 0.362 bits per heavy atom. The molecular weight excluding hydrogens is 573 g/mol. The molecule has 0 radical (unpaired) electrons. The lowest BCUT2D eigenvalue weighted by Gasteiger charge is -2.20. The van der Waals surface area contributed by atoms with E-state index in [0.717, 1.165) is 60.9 Å². The zero-order valence-electron chi connectivity index (χ0n) is 25.3. The van der Waals surface area contributed by atoms with Crippen molar-refractivity contribution in [2.75, 3.05) is 0 Å². The van der Waals surface area contributed by atoms with Crippen LogP contribution in [0.4, 0.5) is 0 Å². The Morgan fingerprint density at radius 3 is 1.04 bits per heavy atom. The van der Waals surface area contributed by atoms with Crippen molar-refractivity contribution in [3.05, 3.63) is 163 Å². The van der Waals surface area contributed by atoms with Crippen molar-refractivity contribution in [3.8, 4) is 23.1 Å². The number of para-hydroxylation sites is 6. The Kier molecular flexibility index (Phi) is 5.32. The van der Waals surface area contributed by atoms with E-state index in [1.165, 1.54) is 21.5 Å². The van der Waals surface area contributed by atoms with E-state index < -0.39 is 0 Å². The number of fused-ring (bicyclic) bond motifs is 9. The monoisotopic (exact) mass is 598 g/mol. The third kappa shape index (κ3) is 3.51. The number of hydrogen-bond acceptors (Lipinski definition) is 1. The molecule has 0 N–H and O–H groups in total. The number of rotatable bonds is 3. The molecule has 0 bridgehead atoms. The molecule has 218 valence electrons. The summed E-state index contributed by atoms with van der Waals surface area (Å²) in [7, 11) is 0. The van der Waals surface area contributed by atoms with E-state index >= 15 is 0 Å². The second-order valence-corrected chi connectivity index (χ2v) is 12.1. The van der Waals surface area contributed by atoms with E-state index in [0.29, 0.717) is 5.56 Å². The standard InChI is InChI=1S/C43H26N4/c44-27-28-25-29(45-36-19-7-1-13-30(36)31-14-2-8-20-37(31)45)26-42(46-38-21-9-3-15-32(38)33-16-4-10-22-39(33)46)43(28)47-40-23-11-5-17-34(40)35-18-6-12-24-41(35)47/h1-26H. The molecule has 10 rings (SSSR count). The number of benzene rings is 7. The van der Waals surface area contributed by atoms with Crippen LogP contribution < -0.4 is 0 Å². The molecule has 0 amide bonds. The minimum absolute atomic E-state index is 0.604. The molecule has 3 aromatic heterocycles. The minimum Gasteiger partial charge on any atom is -0.309 e. The predicted octanol–water partition coefficient (Wildman–Crippen LogP) is 10.8. The van der Waals surface area contributed by atoms with E-state index in [1.54, 1.807) is 0 Å². The summed E-state index contributed by atoms with van der Waals surface area (Å²) >= 11 is 0. The summed E-state index contributed by atoms with van der Waals surface area (Å²) in [6, 6.07) is 58.2. The van der Waals surface area contributed by atoms with E-state index in [-0.39, 0.29) is 0 Å². The van der Waals surface area contributed by atoms with Crippen LogP contribution in [0.1, 0.15) is 5.56 Å². The highest BCUT2D eigenvalue weighted by Crippen LogP contribution is 2.41. The summed E-state index contributed by atoms with van der Waals surface area (Å²) in [5.74, 6) is 0. The third-order valence-corrected chi connectivity index (χ3v) is 9.66. The molecule has 0 saturated heterocycles. The molecule has 0 saturated carbocycles. The molecule has 3 heterocycles. The highest BCUT2D eigenvalue weighted by Gasteiger charge is 2.24. The SMILES string of the molecule is N#Cc1cc(-n2c3ccccc3c3ccccc32)cc(-n2c3ccccc3c3ccccc32)c1-n1c2ccccc2c2ccccc21. The number of nitrogens with zero attached hydrogens (tertiary/aromatic N) is 4. The fourth-order valence-corrected chi connectivity index (χ4v) is 7.77. The molecule has 0 aliphatic rings. The Balaban J connectivity index is 1.43. The van der Waals surface area contributed by atoms with Crippen molar-refractivity contribution in [1.82, 2.24) is 13.7 Å². The lowest BCUT2D eigenvalue weighted by molar-refractivity contribution is 1.07. The Bertz CT molecular complexity index is 2770. The maximum absolute atomic E-state index is 11.1. The maximum Gasteiger partial charge on any atom is 0.101 e. The molecular formula is C43H26N4. The molecule has 4 nitrogen and oxygen atoms in total. The van der Waals surface area contributed by atoms with Gasteiger partial charge in [-0.1, -0.05) is 109 Å². The fourth-order valence-electron chi connectivity index (χ4n) is 7.77. The van der Waals surface area contributed by atoms with Gasteiger partial charge in [0.05, 0.1) is 50.0 Å². The van der Waals surface area contributed by atoms with Crippen molar-refractivity contribution in [3.63, 3.8) is 0 Å². The average Bonchev–Trinajstić information content (AvgIpc) is 3.77. The molecule has 0 fully saturated rings. The zero-order valence-corrected chi connectivity index (χ0v) is 25.3. The first-order valence-electron chi connectivity index (χ1n) is 15.9. The smallest absolute Gasteiger partial charge is 0.101 e. The van der Waals surface area contributed by atoms with Crippen LogP contribution in [-0.2, 0) is 0 Å². The van der Waals surface area contributed by atoms with Crippen molar-refractivity contribution in [2.45, 2.75) is 0 Å². The van der Waals surface area contributed by atoms with Gasteiger partial charge in [0, 0.05) is 38.0 Å². The number of nitriles is 1. The summed E-state index contributed by atoms with van der Waals surface area (Å²) in [6.45, 7) is 0. The Labute approximate surface area is 270 Å². The van der Waals surface area contributed by atoms with Gasteiger partial charge in [-0.3, -0.25) is 0 Å². The van der Waals surface area contributed by atoms with Gasteiger partial charge in [-0.05, 0) is 48.5 Å². The molecule has 4 heteroatoms. The molecule has 0 spiro atoms. The first-order chi connectivity index (χ1) is 23.3. The van der Waals surface area contributed by atoms with E-state index in [2.05, 4.69) is 177 Å². The average molecular weight is 599 g/mol. The molecule has 10 aromatic rings. The van der Waals surface area contributed by atoms with Crippen LogP contribution in [0.25, 0.3) is 82.5 Å². The van der Waals surface area contributed by atoms with Crippen LogP contribution >= 0.6 is 0 Å². The van der Waals surface area contributed by atoms with Gasteiger partial charge in [0.2, 0.25) is 0 Å². The highest BCUT2D eigenvalue weighted by molar-refractivity contribution is 6.12. The van der Waals surface area contributed by atoms with Crippen molar-refractivity contribution in [2.24, 2.45) is 0 Å². The lowest BCUT2D eigenvalue weighted by Crippen LogP contribution is -2.08. The van der Waals surface area contributed by atoms with Gasteiger partial charge in [0.1, 0.15) is 6.07 Å². The molecule has 0 aliphatic heterocycles. The third-order valence-electron chi connectivity index (χ3n) is 9.66. The lowest BCUT2D eigenvalue weighted by atomic mass is 10.1. The predicted molar refractivity (Wildman–Crippen MR) is 194 cm³/mol. The van der Waals surface area contributed by atoms with E-state index in [9.17, 15) is 5.26 Å². The van der Waals surface area contributed by atoms with Gasteiger partial charge in [-0.2, -0.15) is 5.26 Å². The Hall–Kier alpha value is -6.57. The fraction of sp³-hybridized carbons (Fsp3) is 0. The van der Waals surface area contributed by atoms with Crippen molar-refractivity contribution in [1.29, 1.82) is 5.26 Å². The van der Waals surface area contributed by atoms with E-state index in [4.69, 9.17) is 0 Å². The van der Waals surface area contributed by atoms with Gasteiger partial charge in [-0.15, -0.1) is 0 Å². The molecule has 0 atom stereocenters. The van der Waals surface area contributed by atoms with Crippen LogP contribution in [0, 0.1) is 11.3 Å². The first kappa shape index (κ1) is 25.7. The van der Waals surface area contributed by atoms with Crippen LogP contribution in [-0.4, -0.2) is 13.7 Å². The van der Waals surface area contributed by atoms with Gasteiger partial charge in [0.15, 0.2) is 0 Å². The largest absolute Gasteiger partial charge is 0.309 e. The van der Waals surface area contributed by atoms with Crippen LogP contribution in [0.2, 0.25) is 0 Å². The topological polar surface area (TPSA) is 38.6 Å². The minimum atomic E-state index is 0.604. The Morgan fingerprint density at radius 2 is 0.681 bits per heavy atom. The molecule has 47 heavy (non-hydrogen) atoms. The van der Waals surface area contributed by atoms with Crippen molar-refractivity contribution >= 4 is 65.4 Å². The molecule has 0 unspecified atom stereocenters. The van der Waals surface area contributed by atoms with Crippen LogP contribution in [0.3, 0.4) is 0 Å². The summed E-state index contributed by atoms with van der Waals surface area (Å²) in [5, 5.41) is 18.1. The van der Waals surface area contributed by atoms with Gasteiger partial charge >= 0.3 is 0 Å². The first-order valence-corrected chi connectivity index (χ1v) is 15.9. The number of aromatic nitrogens is 3. The van der Waals surface area contributed by atoms with Gasteiger partial charge in [0.25, 0.3) is 0 Å². The second kappa shape index (κ2) is 9.71. The molecule has 7 aromatic carbocycles.